The van der Waals surface area contributed by atoms with Crippen LogP contribution in [0.25, 0.3) is 6.08 Å². The minimum atomic E-state index is -0.358. The summed E-state index contributed by atoms with van der Waals surface area (Å²) in [5.74, 6) is -0.324. The molecule has 2 amide bonds. The zero-order valence-electron chi connectivity index (χ0n) is 20.7. The first-order valence-electron chi connectivity index (χ1n) is 11.9. The molecule has 0 aromatic heterocycles. The smallest absolute Gasteiger partial charge is 0.266 e. The number of nitrogens with one attached hydrogen (secondary N) is 1. The van der Waals surface area contributed by atoms with Gasteiger partial charge in [-0.15, -0.1) is 0 Å². The Morgan fingerprint density at radius 3 is 2.53 bits per heavy atom. The number of carbonyl (C=O) groups excluding carboxylic acids is 2. The van der Waals surface area contributed by atoms with E-state index in [1.54, 1.807) is 47.4 Å². The molecule has 1 aliphatic heterocycles. The van der Waals surface area contributed by atoms with E-state index in [0.717, 1.165) is 0 Å². The average Bonchev–Trinajstić information content (AvgIpc) is 3.19. The number of anilines is 1. The summed E-state index contributed by atoms with van der Waals surface area (Å²) in [6.45, 7) is 4.17. The molecule has 3 aromatic rings. The molecule has 10 heteroatoms. The van der Waals surface area contributed by atoms with Crippen LogP contribution in [0.2, 0.25) is 5.02 Å². The van der Waals surface area contributed by atoms with E-state index in [0.29, 0.717) is 45.9 Å². The molecule has 0 saturated carbocycles. The van der Waals surface area contributed by atoms with Gasteiger partial charge in [0.1, 0.15) is 5.82 Å². The van der Waals surface area contributed by atoms with E-state index < -0.39 is 0 Å². The first-order chi connectivity index (χ1) is 18.4. The summed E-state index contributed by atoms with van der Waals surface area (Å²) >= 11 is 7.73. The fourth-order valence-corrected chi connectivity index (χ4v) is 4.91. The fraction of sp³-hybridized carbons (Fsp3) is 0.179. The van der Waals surface area contributed by atoms with E-state index in [2.05, 4.69) is 10.3 Å². The largest absolute Gasteiger partial charge is 0.490 e. The topological polar surface area (TPSA) is 80.2 Å². The number of para-hydroxylation sites is 1. The SMILES string of the molecule is CCOc1cc(/C=C2/SC(=Nc3ccc(F)cc3)N(CC)C2=O)cc(Cl)c1OCC(=O)Nc1ccccc1. The number of amides is 2. The minimum absolute atomic E-state index is 0.203. The highest BCUT2D eigenvalue weighted by atomic mass is 35.5. The lowest BCUT2D eigenvalue weighted by molar-refractivity contribution is -0.122. The van der Waals surface area contributed by atoms with Gasteiger partial charge >= 0.3 is 0 Å². The van der Waals surface area contributed by atoms with Gasteiger partial charge in [-0.1, -0.05) is 29.8 Å². The van der Waals surface area contributed by atoms with Gasteiger partial charge in [0.05, 0.1) is 22.2 Å². The van der Waals surface area contributed by atoms with Crippen molar-refractivity contribution in [2.75, 3.05) is 25.1 Å². The van der Waals surface area contributed by atoms with Gasteiger partial charge in [0.2, 0.25) is 0 Å². The predicted octanol–water partition coefficient (Wildman–Crippen LogP) is 6.52. The van der Waals surface area contributed by atoms with Crippen molar-refractivity contribution < 1.29 is 23.5 Å². The van der Waals surface area contributed by atoms with Crippen molar-refractivity contribution in [3.05, 3.63) is 88.0 Å². The van der Waals surface area contributed by atoms with Crippen LogP contribution in [0.3, 0.4) is 0 Å². The van der Waals surface area contributed by atoms with Gasteiger partial charge < -0.3 is 14.8 Å². The number of rotatable bonds is 9. The summed E-state index contributed by atoms with van der Waals surface area (Å²) in [4.78, 5) is 31.9. The van der Waals surface area contributed by atoms with Crippen LogP contribution in [0.4, 0.5) is 15.8 Å². The second-order valence-electron chi connectivity index (χ2n) is 8.00. The summed E-state index contributed by atoms with van der Waals surface area (Å²) < 4.78 is 24.7. The number of aliphatic imine (C=N–C) groups is 1. The summed E-state index contributed by atoms with van der Waals surface area (Å²) in [6, 6.07) is 18.1. The average molecular weight is 554 g/mol. The number of amidine groups is 1. The molecule has 1 saturated heterocycles. The van der Waals surface area contributed by atoms with E-state index in [-0.39, 0.29) is 35.0 Å². The lowest BCUT2D eigenvalue weighted by atomic mass is 10.1. The van der Waals surface area contributed by atoms with E-state index in [1.165, 1.54) is 23.9 Å². The number of hydrogen-bond donors (Lipinski definition) is 1. The summed E-state index contributed by atoms with van der Waals surface area (Å²) in [5, 5.41) is 3.48. The third-order valence-corrected chi connectivity index (χ3v) is 6.58. The van der Waals surface area contributed by atoms with Gasteiger partial charge in [0, 0.05) is 12.2 Å². The second-order valence-corrected chi connectivity index (χ2v) is 9.41. The summed E-state index contributed by atoms with van der Waals surface area (Å²) in [6.07, 6.45) is 1.70. The molecule has 38 heavy (non-hydrogen) atoms. The molecule has 0 atom stereocenters. The van der Waals surface area contributed by atoms with E-state index in [4.69, 9.17) is 21.1 Å². The molecule has 1 N–H and O–H groups in total. The zero-order valence-corrected chi connectivity index (χ0v) is 22.3. The van der Waals surface area contributed by atoms with Crippen molar-refractivity contribution in [1.29, 1.82) is 0 Å². The fourth-order valence-electron chi connectivity index (χ4n) is 3.58. The molecule has 1 aliphatic rings. The number of hydrogen-bond acceptors (Lipinski definition) is 6. The lowest BCUT2D eigenvalue weighted by Gasteiger charge is -2.14. The highest BCUT2D eigenvalue weighted by Crippen LogP contribution is 2.39. The Bertz CT molecular complexity index is 1380. The molecule has 0 unspecified atom stereocenters. The molecule has 7 nitrogen and oxygen atoms in total. The Hall–Kier alpha value is -3.82. The van der Waals surface area contributed by atoms with Gasteiger partial charge in [-0.3, -0.25) is 14.5 Å². The van der Waals surface area contributed by atoms with E-state index in [9.17, 15) is 14.0 Å². The molecular weight excluding hydrogens is 529 g/mol. The predicted molar refractivity (Wildman–Crippen MR) is 150 cm³/mol. The Morgan fingerprint density at radius 2 is 1.84 bits per heavy atom. The third kappa shape index (κ3) is 6.73. The van der Waals surface area contributed by atoms with Crippen LogP contribution in [-0.4, -0.2) is 41.6 Å². The van der Waals surface area contributed by atoms with Gasteiger partial charge in [-0.2, -0.15) is 0 Å². The van der Waals surface area contributed by atoms with Crippen molar-refractivity contribution >= 4 is 57.8 Å². The van der Waals surface area contributed by atoms with E-state index in [1.807, 2.05) is 32.0 Å². The minimum Gasteiger partial charge on any atom is -0.490 e. The van der Waals surface area contributed by atoms with Crippen molar-refractivity contribution in [2.45, 2.75) is 13.8 Å². The van der Waals surface area contributed by atoms with Crippen LogP contribution in [0.5, 0.6) is 11.5 Å². The number of benzene rings is 3. The van der Waals surface area contributed by atoms with Crippen LogP contribution in [-0.2, 0) is 9.59 Å². The van der Waals surface area contributed by atoms with Crippen LogP contribution in [0.1, 0.15) is 19.4 Å². The Labute approximate surface area is 229 Å². The van der Waals surface area contributed by atoms with Crippen molar-refractivity contribution in [3.8, 4) is 11.5 Å². The van der Waals surface area contributed by atoms with E-state index >= 15 is 0 Å². The standard InChI is InChI=1S/C28H25ClFN3O4S/c1-3-33-27(35)24(38-28(33)32-21-12-10-19(30)11-13-21)16-18-14-22(29)26(23(15-18)36-4-2)37-17-25(34)31-20-8-6-5-7-9-20/h5-16H,3-4,17H2,1-2H3,(H,31,34)/b24-16+,32-28?. The Morgan fingerprint density at radius 1 is 1.11 bits per heavy atom. The first kappa shape index (κ1) is 27.2. The number of nitrogens with zero attached hydrogens (tertiary/aromatic N) is 2. The van der Waals surface area contributed by atoms with Gasteiger partial charge in [-0.05, 0) is 85.8 Å². The molecular formula is C28H25ClFN3O4S. The molecule has 1 fully saturated rings. The normalized spacial score (nSPS) is 15.3. The molecule has 0 radical (unpaired) electrons. The van der Waals surface area contributed by atoms with Gasteiger partial charge in [-0.25, -0.2) is 9.38 Å². The van der Waals surface area contributed by atoms with Gasteiger partial charge in [0.25, 0.3) is 11.8 Å². The Balaban J connectivity index is 1.54. The number of carbonyl (C=O) groups is 2. The van der Waals surface area contributed by atoms with Crippen LogP contribution in [0.15, 0.2) is 76.6 Å². The number of halogens is 2. The molecule has 0 aliphatic carbocycles. The first-order valence-corrected chi connectivity index (χ1v) is 13.1. The van der Waals surface area contributed by atoms with Crippen molar-refractivity contribution in [3.63, 3.8) is 0 Å². The highest BCUT2D eigenvalue weighted by Gasteiger charge is 2.32. The summed E-state index contributed by atoms with van der Waals surface area (Å²) in [7, 11) is 0. The lowest BCUT2D eigenvalue weighted by Crippen LogP contribution is -2.28. The molecule has 0 bridgehead atoms. The van der Waals surface area contributed by atoms with Crippen molar-refractivity contribution in [1.82, 2.24) is 4.90 Å². The van der Waals surface area contributed by atoms with Crippen molar-refractivity contribution in [2.24, 2.45) is 4.99 Å². The zero-order chi connectivity index (χ0) is 27.1. The monoisotopic (exact) mass is 553 g/mol. The maximum Gasteiger partial charge on any atom is 0.266 e. The number of ether oxygens (including phenoxy) is 2. The van der Waals surface area contributed by atoms with Crippen LogP contribution < -0.4 is 14.8 Å². The van der Waals surface area contributed by atoms with Crippen LogP contribution in [0, 0.1) is 5.82 Å². The molecule has 1 heterocycles. The third-order valence-electron chi connectivity index (χ3n) is 5.29. The quantitative estimate of drug-likeness (QED) is 0.305. The molecule has 4 rings (SSSR count). The summed E-state index contributed by atoms with van der Waals surface area (Å²) in [5.41, 5.74) is 1.82. The second kappa shape index (κ2) is 12.6. The van der Waals surface area contributed by atoms with Crippen LogP contribution >= 0.6 is 23.4 Å². The maximum atomic E-state index is 13.3. The number of likely N-dealkylation sites (N-methyl/N-ethyl adjacent to an activating group) is 1. The van der Waals surface area contributed by atoms with Gasteiger partial charge in [0.15, 0.2) is 23.3 Å². The number of thioether (sulfide) groups is 1. The highest BCUT2D eigenvalue weighted by molar-refractivity contribution is 8.18. The molecule has 3 aromatic carbocycles. The Kier molecular flexibility index (Phi) is 9.04. The molecule has 0 spiro atoms. The molecule has 196 valence electrons. The maximum absolute atomic E-state index is 13.3.